The zero-order chi connectivity index (χ0) is 10.1. The van der Waals surface area contributed by atoms with Crippen LogP contribution in [0.1, 0.15) is 47.0 Å². The van der Waals surface area contributed by atoms with Gasteiger partial charge in [0, 0.05) is 6.04 Å². The van der Waals surface area contributed by atoms with E-state index in [-0.39, 0.29) is 0 Å². The van der Waals surface area contributed by atoms with Gasteiger partial charge in [0.1, 0.15) is 0 Å². The van der Waals surface area contributed by atoms with Gasteiger partial charge >= 0.3 is 0 Å². The van der Waals surface area contributed by atoms with E-state index in [1.807, 2.05) is 0 Å². The van der Waals surface area contributed by atoms with Gasteiger partial charge in [-0.2, -0.15) is 0 Å². The van der Waals surface area contributed by atoms with E-state index in [1.165, 1.54) is 19.3 Å². The van der Waals surface area contributed by atoms with Gasteiger partial charge in [-0.3, -0.25) is 0 Å². The smallest absolute Gasteiger partial charge is 0.0623 e. The van der Waals surface area contributed by atoms with E-state index in [0.29, 0.717) is 12.1 Å². The predicted molar refractivity (Wildman–Crippen MR) is 58.1 cm³/mol. The number of hydrogen-bond acceptors (Lipinski definition) is 2. The Kier molecular flexibility index (Phi) is 8.46. The molecule has 0 aliphatic rings. The topological polar surface area (TPSA) is 21.3 Å². The van der Waals surface area contributed by atoms with Crippen molar-refractivity contribution in [2.24, 2.45) is 0 Å². The van der Waals surface area contributed by atoms with Crippen LogP contribution in [0.25, 0.3) is 0 Å². The fourth-order valence-corrected chi connectivity index (χ4v) is 1.25. The molecule has 0 spiro atoms. The Hall–Kier alpha value is -0.0800. The van der Waals surface area contributed by atoms with E-state index in [1.54, 1.807) is 0 Å². The van der Waals surface area contributed by atoms with Gasteiger partial charge in [0.2, 0.25) is 0 Å². The first-order chi connectivity index (χ1) is 6.20. The monoisotopic (exact) mass is 187 g/mol. The lowest BCUT2D eigenvalue weighted by Gasteiger charge is -2.19. The number of hydrogen-bond donors (Lipinski definition) is 1. The second-order valence-electron chi connectivity index (χ2n) is 3.82. The Morgan fingerprint density at radius 1 is 1.15 bits per heavy atom. The van der Waals surface area contributed by atoms with Crippen LogP contribution < -0.4 is 5.32 Å². The highest BCUT2D eigenvalue weighted by Crippen LogP contribution is 1.99. The summed E-state index contributed by atoms with van der Waals surface area (Å²) in [5.74, 6) is 0. The third kappa shape index (κ3) is 8.26. The maximum absolute atomic E-state index is 5.59. The second-order valence-corrected chi connectivity index (χ2v) is 3.82. The summed E-state index contributed by atoms with van der Waals surface area (Å²) in [6, 6.07) is 0.548. The SMILES string of the molecule is CCCNC(CCC)COC(C)C. The van der Waals surface area contributed by atoms with Crippen LogP contribution in [-0.2, 0) is 4.74 Å². The van der Waals surface area contributed by atoms with E-state index >= 15 is 0 Å². The molecular formula is C11H25NO. The fourth-order valence-electron chi connectivity index (χ4n) is 1.25. The van der Waals surface area contributed by atoms with Crippen molar-refractivity contribution < 1.29 is 4.74 Å². The molecule has 0 radical (unpaired) electrons. The maximum Gasteiger partial charge on any atom is 0.0623 e. The number of ether oxygens (including phenoxy) is 1. The summed E-state index contributed by atoms with van der Waals surface area (Å²) in [5, 5.41) is 3.50. The lowest BCUT2D eigenvalue weighted by molar-refractivity contribution is 0.0594. The van der Waals surface area contributed by atoms with E-state index < -0.39 is 0 Å². The van der Waals surface area contributed by atoms with E-state index in [2.05, 4.69) is 33.0 Å². The Morgan fingerprint density at radius 3 is 2.31 bits per heavy atom. The molecular weight excluding hydrogens is 162 g/mol. The molecule has 0 aromatic heterocycles. The van der Waals surface area contributed by atoms with Crippen molar-refractivity contribution >= 4 is 0 Å². The molecule has 2 heteroatoms. The highest BCUT2D eigenvalue weighted by atomic mass is 16.5. The van der Waals surface area contributed by atoms with Crippen molar-refractivity contribution in [2.75, 3.05) is 13.2 Å². The molecule has 13 heavy (non-hydrogen) atoms. The van der Waals surface area contributed by atoms with Gasteiger partial charge in [-0.05, 0) is 33.2 Å². The van der Waals surface area contributed by atoms with E-state index in [9.17, 15) is 0 Å². The third-order valence-electron chi connectivity index (χ3n) is 1.95. The standard InChI is InChI=1S/C11H25NO/c1-5-7-11(12-8-6-2)9-13-10(3)4/h10-12H,5-9H2,1-4H3. The Morgan fingerprint density at radius 2 is 1.85 bits per heavy atom. The number of rotatable bonds is 8. The van der Waals surface area contributed by atoms with Crippen molar-refractivity contribution in [3.05, 3.63) is 0 Å². The van der Waals surface area contributed by atoms with Crippen molar-refractivity contribution in [3.8, 4) is 0 Å². The molecule has 0 aromatic carbocycles. The van der Waals surface area contributed by atoms with Crippen LogP contribution in [0.2, 0.25) is 0 Å². The van der Waals surface area contributed by atoms with Crippen LogP contribution in [0.15, 0.2) is 0 Å². The van der Waals surface area contributed by atoms with Gasteiger partial charge in [0.05, 0.1) is 12.7 Å². The lowest BCUT2D eigenvalue weighted by atomic mass is 10.2. The highest BCUT2D eigenvalue weighted by molar-refractivity contribution is 4.65. The molecule has 0 rings (SSSR count). The molecule has 1 atom stereocenters. The van der Waals surface area contributed by atoms with Gasteiger partial charge in [0.15, 0.2) is 0 Å². The molecule has 1 unspecified atom stereocenters. The molecule has 0 saturated heterocycles. The molecule has 0 fully saturated rings. The van der Waals surface area contributed by atoms with Gasteiger partial charge in [-0.25, -0.2) is 0 Å². The van der Waals surface area contributed by atoms with Gasteiger partial charge in [-0.1, -0.05) is 20.3 Å². The average Bonchev–Trinajstić information content (AvgIpc) is 2.09. The maximum atomic E-state index is 5.59. The van der Waals surface area contributed by atoms with E-state index in [4.69, 9.17) is 4.74 Å². The van der Waals surface area contributed by atoms with Crippen LogP contribution in [0.4, 0.5) is 0 Å². The largest absolute Gasteiger partial charge is 0.377 e. The minimum absolute atomic E-state index is 0.350. The first-order valence-electron chi connectivity index (χ1n) is 5.55. The molecule has 1 N–H and O–H groups in total. The normalized spacial score (nSPS) is 13.6. The lowest BCUT2D eigenvalue weighted by Crippen LogP contribution is -2.34. The fraction of sp³-hybridized carbons (Fsp3) is 1.00. The second kappa shape index (κ2) is 8.52. The van der Waals surface area contributed by atoms with E-state index in [0.717, 1.165) is 13.2 Å². The number of nitrogens with one attached hydrogen (secondary N) is 1. The van der Waals surface area contributed by atoms with Crippen molar-refractivity contribution in [1.82, 2.24) is 5.32 Å². The highest BCUT2D eigenvalue weighted by Gasteiger charge is 2.06. The van der Waals surface area contributed by atoms with Gasteiger partial charge < -0.3 is 10.1 Å². The Labute approximate surface area is 83.1 Å². The summed E-state index contributed by atoms with van der Waals surface area (Å²) in [6.07, 6.45) is 3.99. The molecule has 0 amide bonds. The molecule has 2 nitrogen and oxygen atoms in total. The minimum atomic E-state index is 0.350. The van der Waals surface area contributed by atoms with Crippen LogP contribution >= 0.6 is 0 Å². The quantitative estimate of drug-likeness (QED) is 0.630. The average molecular weight is 187 g/mol. The van der Waals surface area contributed by atoms with Crippen LogP contribution in [0.5, 0.6) is 0 Å². The summed E-state index contributed by atoms with van der Waals surface area (Å²) in [7, 11) is 0. The van der Waals surface area contributed by atoms with Gasteiger partial charge in [-0.15, -0.1) is 0 Å². The molecule has 80 valence electrons. The first-order valence-corrected chi connectivity index (χ1v) is 5.55. The summed E-state index contributed by atoms with van der Waals surface area (Å²) in [6.45, 7) is 10.5. The molecule has 0 saturated carbocycles. The Bertz CT molecular complexity index is 104. The van der Waals surface area contributed by atoms with Crippen molar-refractivity contribution in [2.45, 2.75) is 59.1 Å². The molecule has 0 bridgehead atoms. The molecule has 0 aromatic rings. The van der Waals surface area contributed by atoms with Crippen LogP contribution in [-0.4, -0.2) is 25.3 Å². The Balaban J connectivity index is 3.53. The van der Waals surface area contributed by atoms with Gasteiger partial charge in [0.25, 0.3) is 0 Å². The van der Waals surface area contributed by atoms with Crippen molar-refractivity contribution in [3.63, 3.8) is 0 Å². The first kappa shape index (κ1) is 12.9. The summed E-state index contributed by atoms with van der Waals surface area (Å²) < 4.78 is 5.59. The molecule has 0 aliphatic heterocycles. The molecule has 0 aliphatic carbocycles. The zero-order valence-corrected chi connectivity index (χ0v) is 9.60. The third-order valence-corrected chi connectivity index (χ3v) is 1.95. The minimum Gasteiger partial charge on any atom is -0.377 e. The van der Waals surface area contributed by atoms with Crippen LogP contribution in [0, 0.1) is 0 Å². The summed E-state index contributed by atoms with van der Waals surface area (Å²) >= 11 is 0. The van der Waals surface area contributed by atoms with Crippen LogP contribution in [0.3, 0.4) is 0 Å². The summed E-state index contributed by atoms with van der Waals surface area (Å²) in [4.78, 5) is 0. The summed E-state index contributed by atoms with van der Waals surface area (Å²) in [5.41, 5.74) is 0. The van der Waals surface area contributed by atoms with Crippen molar-refractivity contribution in [1.29, 1.82) is 0 Å². The zero-order valence-electron chi connectivity index (χ0n) is 9.60. The molecule has 0 heterocycles. The predicted octanol–water partition coefficient (Wildman–Crippen LogP) is 2.58.